The zero-order chi connectivity index (χ0) is 15.1. The van der Waals surface area contributed by atoms with Gasteiger partial charge in [0.05, 0.1) is 7.11 Å². The van der Waals surface area contributed by atoms with Crippen LogP contribution in [0.5, 0.6) is 11.5 Å². The minimum atomic E-state index is -0.152. The van der Waals surface area contributed by atoms with Crippen LogP contribution in [0.4, 0.5) is 0 Å². The predicted molar refractivity (Wildman–Crippen MR) is 82.5 cm³/mol. The van der Waals surface area contributed by atoms with Crippen LogP contribution >= 0.6 is 0 Å². The highest BCUT2D eigenvalue weighted by Gasteiger charge is 2.05. The van der Waals surface area contributed by atoms with Gasteiger partial charge in [-0.25, -0.2) is 0 Å². The van der Waals surface area contributed by atoms with E-state index in [1.807, 2.05) is 49.4 Å². The van der Waals surface area contributed by atoms with Crippen LogP contribution < -0.4 is 9.47 Å². The molecular weight excluding hydrogens is 264 g/mol. The molecule has 0 fully saturated rings. The van der Waals surface area contributed by atoms with Gasteiger partial charge in [0.2, 0.25) is 0 Å². The second-order valence-corrected chi connectivity index (χ2v) is 4.59. The molecule has 0 spiro atoms. The molecule has 0 saturated heterocycles. The van der Waals surface area contributed by atoms with Crippen LogP contribution in [0.2, 0.25) is 0 Å². The van der Waals surface area contributed by atoms with Gasteiger partial charge in [-0.05, 0) is 37.3 Å². The van der Waals surface area contributed by atoms with Crippen molar-refractivity contribution >= 4 is 0 Å². The van der Waals surface area contributed by atoms with Crippen LogP contribution in [0.15, 0.2) is 42.5 Å². The maximum atomic E-state index is 8.75. The third kappa shape index (κ3) is 4.27. The van der Waals surface area contributed by atoms with E-state index in [-0.39, 0.29) is 6.61 Å². The number of hydrogen-bond donors (Lipinski definition) is 1. The lowest BCUT2D eigenvalue weighted by Gasteiger charge is -2.11. The molecular formula is C18H18O3. The van der Waals surface area contributed by atoms with Crippen molar-refractivity contribution in [2.45, 2.75) is 13.5 Å². The molecule has 3 heteroatoms. The van der Waals surface area contributed by atoms with Gasteiger partial charge in [-0.2, -0.15) is 0 Å². The molecule has 0 radical (unpaired) electrons. The first-order chi connectivity index (χ1) is 10.2. The van der Waals surface area contributed by atoms with Crippen LogP contribution in [-0.2, 0) is 6.61 Å². The third-order valence-electron chi connectivity index (χ3n) is 3.01. The molecule has 1 N–H and O–H groups in total. The highest BCUT2D eigenvalue weighted by molar-refractivity contribution is 5.44. The summed E-state index contributed by atoms with van der Waals surface area (Å²) in [6.07, 6.45) is 0. The number of aliphatic hydroxyl groups is 1. The summed E-state index contributed by atoms with van der Waals surface area (Å²) in [5.41, 5.74) is 2.94. The number of aliphatic hydroxyl groups excluding tert-OH is 1. The van der Waals surface area contributed by atoms with Crippen LogP contribution in [0.25, 0.3) is 0 Å². The summed E-state index contributed by atoms with van der Waals surface area (Å²) in [5.74, 6) is 7.09. The van der Waals surface area contributed by atoms with Gasteiger partial charge in [-0.15, -0.1) is 0 Å². The normalized spacial score (nSPS) is 9.67. The molecule has 0 heterocycles. The Labute approximate surface area is 125 Å². The van der Waals surface area contributed by atoms with Crippen molar-refractivity contribution in [3.05, 3.63) is 59.2 Å². The standard InChI is InChI=1S/C18H18O3/c1-14-5-8-17(9-6-14)21-13-16-12-15(4-3-11-19)7-10-18(16)20-2/h5-10,12,19H,11,13H2,1-2H3. The first kappa shape index (κ1) is 15.0. The van der Waals surface area contributed by atoms with Crippen molar-refractivity contribution in [1.29, 1.82) is 0 Å². The molecule has 0 unspecified atom stereocenters. The molecule has 0 aliphatic heterocycles. The second-order valence-electron chi connectivity index (χ2n) is 4.59. The summed E-state index contributed by atoms with van der Waals surface area (Å²) in [6, 6.07) is 13.5. The van der Waals surface area contributed by atoms with Gasteiger partial charge in [-0.1, -0.05) is 29.5 Å². The maximum Gasteiger partial charge on any atom is 0.125 e. The molecule has 0 aromatic heterocycles. The third-order valence-corrected chi connectivity index (χ3v) is 3.01. The fourth-order valence-corrected chi connectivity index (χ4v) is 1.91. The predicted octanol–water partition coefficient (Wildman–Crippen LogP) is 2.93. The molecule has 2 rings (SSSR count). The molecule has 0 aliphatic rings. The van der Waals surface area contributed by atoms with Gasteiger partial charge in [0.25, 0.3) is 0 Å². The van der Waals surface area contributed by atoms with Crippen molar-refractivity contribution in [3.8, 4) is 23.3 Å². The summed E-state index contributed by atoms with van der Waals surface area (Å²) >= 11 is 0. The largest absolute Gasteiger partial charge is 0.496 e. The lowest BCUT2D eigenvalue weighted by molar-refractivity contribution is 0.296. The Balaban J connectivity index is 2.15. The molecule has 0 amide bonds. The van der Waals surface area contributed by atoms with Crippen LogP contribution in [0, 0.1) is 18.8 Å². The van der Waals surface area contributed by atoms with E-state index >= 15 is 0 Å². The quantitative estimate of drug-likeness (QED) is 0.876. The van der Waals surface area contributed by atoms with Crippen molar-refractivity contribution in [3.63, 3.8) is 0 Å². The summed E-state index contributed by atoms with van der Waals surface area (Å²) in [7, 11) is 1.63. The van der Waals surface area contributed by atoms with Crippen LogP contribution in [-0.4, -0.2) is 18.8 Å². The molecule has 21 heavy (non-hydrogen) atoms. The van der Waals surface area contributed by atoms with Crippen molar-refractivity contribution in [2.75, 3.05) is 13.7 Å². The van der Waals surface area contributed by atoms with E-state index in [1.54, 1.807) is 7.11 Å². The Morgan fingerprint density at radius 3 is 2.52 bits per heavy atom. The number of aryl methyl sites for hydroxylation is 1. The fraction of sp³-hybridized carbons (Fsp3) is 0.222. The average molecular weight is 282 g/mol. The lowest BCUT2D eigenvalue weighted by Crippen LogP contribution is -1.99. The smallest absolute Gasteiger partial charge is 0.125 e. The zero-order valence-electron chi connectivity index (χ0n) is 12.2. The summed E-state index contributed by atoms with van der Waals surface area (Å²) in [4.78, 5) is 0. The molecule has 0 bridgehead atoms. The van der Waals surface area contributed by atoms with E-state index in [1.165, 1.54) is 5.56 Å². The highest BCUT2D eigenvalue weighted by Crippen LogP contribution is 2.22. The zero-order valence-corrected chi connectivity index (χ0v) is 12.2. The summed E-state index contributed by atoms with van der Waals surface area (Å²) in [5, 5.41) is 8.75. The molecule has 3 nitrogen and oxygen atoms in total. The lowest BCUT2D eigenvalue weighted by atomic mass is 10.1. The Morgan fingerprint density at radius 1 is 1.10 bits per heavy atom. The van der Waals surface area contributed by atoms with E-state index in [9.17, 15) is 0 Å². The fourth-order valence-electron chi connectivity index (χ4n) is 1.91. The first-order valence-corrected chi connectivity index (χ1v) is 6.69. The number of benzene rings is 2. The average Bonchev–Trinajstić information content (AvgIpc) is 2.52. The van der Waals surface area contributed by atoms with E-state index in [4.69, 9.17) is 14.6 Å². The van der Waals surface area contributed by atoms with Gasteiger partial charge < -0.3 is 14.6 Å². The van der Waals surface area contributed by atoms with Crippen LogP contribution in [0.1, 0.15) is 16.7 Å². The molecule has 108 valence electrons. The van der Waals surface area contributed by atoms with E-state index in [0.717, 1.165) is 22.6 Å². The first-order valence-electron chi connectivity index (χ1n) is 6.69. The van der Waals surface area contributed by atoms with Crippen molar-refractivity contribution in [2.24, 2.45) is 0 Å². The van der Waals surface area contributed by atoms with E-state index in [2.05, 4.69) is 11.8 Å². The Morgan fingerprint density at radius 2 is 1.86 bits per heavy atom. The molecule has 0 aliphatic carbocycles. The number of hydrogen-bond acceptors (Lipinski definition) is 3. The Hall–Kier alpha value is -2.44. The molecule has 2 aromatic carbocycles. The number of ether oxygens (including phenoxy) is 2. The Bertz CT molecular complexity index is 648. The van der Waals surface area contributed by atoms with E-state index < -0.39 is 0 Å². The molecule has 2 aromatic rings. The van der Waals surface area contributed by atoms with Gasteiger partial charge >= 0.3 is 0 Å². The van der Waals surface area contributed by atoms with Gasteiger partial charge in [0.1, 0.15) is 24.7 Å². The topological polar surface area (TPSA) is 38.7 Å². The Kier molecular flexibility index (Phi) is 5.25. The minimum absolute atomic E-state index is 0.152. The summed E-state index contributed by atoms with van der Waals surface area (Å²) < 4.78 is 11.1. The van der Waals surface area contributed by atoms with Crippen LogP contribution in [0.3, 0.4) is 0 Å². The maximum absolute atomic E-state index is 8.75. The van der Waals surface area contributed by atoms with Crippen molar-refractivity contribution in [1.82, 2.24) is 0 Å². The summed E-state index contributed by atoms with van der Waals surface area (Å²) in [6.45, 7) is 2.29. The minimum Gasteiger partial charge on any atom is -0.496 e. The van der Waals surface area contributed by atoms with Gasteiger partial charge in [-0.3, -0.25) is 0 Å². The van der Waals surface area contributed by atoms with Gasteiger partial charge in [0, 0.05) is 11.1 Å². The molecule has 0 saturated carbocycles. The second kappa shape index (κ2) is 7.37. The molecule has 0 atom stereocenters. The van der Waals surface area contributed by atoms with Crippen molar-refractivity contribution < 1.29 is 14.6 Å². The SMILES string of the molecule is COc1ccc(C#CCO)cc1COc1ccc(C)cc1. The monoisotopic (exact) mass is 282 g/mol. The highest BCUT2D eigenvalue weighted by atomic mass is 16.5. The van der Waals surface area contributed by atoms with E-state index in [0.29, 0.717) is 6.61 Å². The number of rotatable bonds is 4. The van der Waals surface area contributed by atoms with Gasteiger partial charge in [0.15, 0.2) is 0 Å². The number of methoxy groups -OCH3 is 1.